The molecule has 0 spiro atoms. The van der Waals surface area contributed by atoms with Crippen LogP contribution in [0.15, 0.2) is 12.7 Å². The van der Waals surface area contributed by atoms with E-state index in [0.717, 1.165) is 0 Å². The second-order valence-corrected chi connectivity index (χ2v) is 3.97. The number of allylic oxidation sites excluding steroid dienone is 1. The SMILES string of the molecule is C=CCCCCCCCCI. The maximum Gasteiger partial charge on any atom is -0.000473 e. The molecule has 0 saturated heterocycles. The van der Waals surface area contributed by atoms with Gasteiger partial charge in [-0.05, 0) is 23.7 Å². The summed E-state index contributed by atoms with van der Waals surface area (Å²) in [5.74, 6) is 0. The van der Waals surface area contributed by atoms with Gasteiger partial charge in [-0.2, -0.15) is 0 Å². The lowest BCUT2D eigenvalue weighted by molar-refractivity contribution is 0.615. The highest BCUT2D eigenvalue weighted by Crippen LogP contribution is 2.07. The van der Waals surface area contributed by atoms with Crippen LogP contribution in [-0.4, -0.2) is 4.43 Å². The van der Waals surface area contributed by atoms with Crippen molar-refractivity contribution in [2.75, 3.05) is 4.43 Å². The third-order valence-electron chi connectivity index (χ3n) is 1.79. The zero-order valence-electron chi connectivity index (χ0n) is 7.32. The highest BCUT2D eigenvalue weighted by atomic mass is 127. The summed E-state index contributed by atoms with van der Waals surface area (Å²) in [6.07, 6.45) is 11.6. The van der Waals surface area contributed by atoms with Crippen LogP contribution < -0.4 is 0 Å². The van der Waals surface area contributed by atoms with Crippen molar-refractivity contribution in [3.63, 3.8) is 0 Å². The Morgan fingerprint density at radius 1 is 0.909 bits per heavy atom. The molecule has 1 heteroatoms. The average Bonchev–Trinajstić information content (AvgIpc) is 2.03. The first-order valence-electron chi connectivity index (χ1n) is 4.58. The van der Waals surface area contributed by atoms with Crippen molar-refractivity contribution in [1.29, 1.82) is 0 Å². The molecule has 0 atom stereocenters. The lowest BCUT2D eigenvalue weighted by Crippen LogP contribution is -1.79. The molecule has 0 aromatic rings. The first-order valence-corrected chi connectivity index (χ1v) is 6.11. The van der Waals surface area contributed by atoms with Gasteiger partial charge in [0.25, 0.3) is 0 Å². The van der Waals surface area contributed by atoms with Crippen LogP contribution in [0.25, 0.3) is 0 Å². The Kier molecular flexibility index (Phi) is 10.9. The number of halogens is 1. The van der Waals surface area contributed by atoms with Crippen molar-refractivity contribution in [3.05, 3.63) is 12.7 Å². The number of rotatable bonds is 8. The molecule has 0 aromatic carbocycles. The maximum absolute atomic E-state index is 3.71. The van der Waals surface area contributed by atoms with Gasteiger partial charge in [-0.25, -0.2) is 0 Å². The summed E-state index contributed by atoms with van der Waals surface area (Å²) in [5.41, 5.74) is 0. The third-order valence-corrected chi connectivity index (χ3v) is 2.55. The van der Waals surface area contributed by atoms with E-state index >= 15 is 0 Å². The molecule has 0 N–H and O–H groups in total. The van der Waals surface area contributed by atoms with E-state index in [9.17, 15) is 0 Å². The molecule has 0 saturated carbocycles. The minimum atomic E-state index is 1.20. The van der Waals surface area contributed by atoms with Crippen LogP contribution >= 0.6 is 22.6 Å². The second kappa shape index (κ2) is 10.5. The van der Waals surface area contributed by atoms with Crippen LogP contribution in [0.1, 0.15) is 44.9 Å². The monoisotopic (exact) mass is 266 g/mol. The van der Waals surface area contributed by atoms with Crippen LogP contribution in [0, 0.1) is 0 Å². The maximum atomic E-state index is 3.71. The summed E-state index contributed by atoms with van der Waals surface area (Å²) in [7, 11) is 0. The molecule has 0 aliphatic rings. The molecule has 0 heterocycles. The van der Waals surface area contributed by atoms with E-state index in [4.69, 9.17) is 0 Å². The molecule has 0 aliphatic carbocycles. The van der Waals surface area contributed by atoms with Gasteiger partial charge < -0.3 is 0 Å². The predicted molar refractivity (Wildman–Crippen MR) is 61.4 cm³/mol. The largest absolute Gasteiger partial charge is 0.103 e. The first kappa shape index (κ1) is 11.5. The number of hydrogen-bond donors (Lipinski definition) is 0. The molecular formula is C10H19I. The van der Waals surface area contributed by atoms with Gasteiger partial charge in [0.2, 0.25) is 0 Å². The number of alkyl halides is 1. The van der Waals surface area contributed by atoms with Crippen molar-refractivity contribution in [3.8, 4) is 0 Å². The van der Waals surface area contributed by atoms with Gasteiger partial charge in [0.1, 0.15) is 0 Å². The second-order valence-electron chi connectivity index (χ2n) is 2.89. The minimum absolute atomic E-state index is 1.20. The van der Waals surface area contributed by atoms with E-state index in [1.165, 1.54) is 49.4 Å². The summed E-state index contributed by atoms with van der Waals surface area (Å²) >= 11 is 2.45. The Hall–Kier alpha value is 0.470. The molecule has 0 unspecified atom stereocenters. The fourth-order valence-electron chi connectivity index (χ4n) is 1.09. The van der Waals surface area contributed by atoms with Crippen molar-refractivity contribution < 1.29 is 0 Å². The van der Waals surface area contributed by atoms with Gasteiger partial charge in [-0.15, -0.1) is 6.58 Å². The lowest BCUT2D eigenvalue weighted by Gasteiger charge is -1.97. The number of unbranched alkanes of at least 4 members (excludes halogenated alkanes) is 6. The fraction of sp³-hybridized carbons (Fsp3) is 0.800. The lowest BCUT2D eigenvalue weighted by atomic mass is 10.1. The molecule has 0 aliphatic heterocycles. The Labute approximate surface area is 84.6 Å². The molecule has 0 bridgehead atoms. The summed E-state index contributed by atoms with van der Waals surface area (Å²) in [6.45, 7) is 3.71. The topological polar surface area (TPSA) is 0 Å². The normalized spacial score (nSPS) is 9.91. The molecule has 0 amide bonds. The third kappa shape index (κ3) is 10.5. The first-order chi connectivity index (χ1) is 5.41. The Bertz CT molecular complexity index is 78.9. The molecule has 11 heavy (non-hydrogen) atoms. The fourth-order valence-corrected chi connectivity index (χ4v) is 1.63. The van der Waals surface area contributed by atoms with Crippen LogP contribution in [0.2, 0.25) is 0 Å². The van der Waals surface area contributed by atoms with E-state index < -0.39 is 0 Å². The highest BCUT2D eigenvalue weighted by Gasteiger charge is 1.88. The van der Waals surface area contributed by atoms with Gasteiger partial charge in [-0.3, -0.25) is 0 Å². The molecular weight excluding hydrogens is 247 g/mol. The summed E-state index contributed by atoms with van der Waals surface area (Å²) in [6, 6.07) is 0. The molecule has 0 fully saturated rings. The Morgan fingerprint density at radius 3 is 2.00 bits per heavy atom. The van der Waals surface area contributed by atoms with Crippen molar-refractivity contribution >= 4 is 22.6 Å². The Morgan fingerprint density at radius 2 is 1.45 bits per heavy atom. The molecule has 0 radical (unpaired) electrons. The van der Waals surface area contributed by atoms with E-state index in [1.807, 2.05) is 6.08 Å². The van der Waals surface area contributed by atoms with Crippen LogP contribution in [0.4, 0.5) is 0 Å². The average molecular weight is 266 g/mol. The van der Waals surface area contributed by atoms with E-state index in [0.29, 0.717) is 0 Å². The van der Waals surface area contributed by atoms with Crippen molar-refractivity contribution in [2.24, 2.45) is 0 Å². The summed E-state index contributed by atoms with van der Waals surface area (Å²) in [5, 5.41) is 0. The molecule has 0 aromatic heterocycles. The van der Waals surface area contributed by atoms with Crippen molar-refractivity contribution in [1.82, 2.24) is 0 Å². The Balaban J connectivity index is 2.74. The van der Waals surface area contributed by atoms with Gasteiger partial charge in [0, 0.05) is 0 Å². The van der Waals surface area contributed by atoms with Gasteiger partial charge in [0.05, 0.1) is 0 Å². The van der Waals surface area contributed by atoms with E-state index in [2.05, 4.69) is 29.2 Å². The molecule has 0 nitrogen and oxygen atoms in total. The zero-order chi connectivity index (χ0) is 8.36. The van der Waals surface area contributed by atoms with Crippen LogP contribution in [0.3, 0.4) is 0 Å². The predicted octanol–water partition coefficient (Wildman–Crippen LogP) is 4.34. The zero-order valence-corrected chi connectivity index (χ0v) is 9.48. The number of hydrogen-bond acceptors (Lipinski definition) is 0. The quantitative estimate of drug-likeness (QED) is 0.265. The van der Waals surface area contributed by atoms with Gasteiger partial charge in [-0.1, -0.05) is 54.4 Å². The minimum Gasteiger partial charge on any atom is -0.103 e. The summed E-state index contributed by atoms with van der Waals surface area (Å²) < 4.78 is 1.32. The van der Waals surface area contributed by atoms with Crippen molar-refractivity contribution in [2.45, 2.75) is 44.9 Å². The highest BCUT2D eigenvalue weighted by molar-refractivity contribution is 14.1. The van der Waals surface area contributed by atoms with Crippen LogP contribution in [-0.2, 0) is 0 Å². The van der Waals surface area contributed by atoms with E-state index in [-0.39, 0.29) is 0 Å². The van der Waals surface area contributed by atoms with Crippen LogP contribution in [0.5, 0.6) is 0 Å². The smallest absolute Gasteiger partial charge is 0.000473 e. The van der Waals surface area contributed by atoms with Gasteiger partial charge in [0.15, 0.2) is 0 Å². The van der Waals surface area contributed by atoms with E-state index in [1.54, 1.807) is 0 Å². The molecule has 0 rings (SSSR count). The molecule has 66 valence electrons. The summed E-state index contributed by atoms with van der Waals surface area (Å²) in [4.78, 5) is 0. The van der Waals surface area contributed by atoms with Gasteiger partial charge >= 0.3 is 0 Å². The standard InChI is InChI=1S/C10H19I/c1-2-3-4-5-6-7-8-9-10-11/h2H,1,3-10H2.